The average molecular weight is 254 g/mol. The van der Waals surface area contributed by atoms with Crippen molar-refractivity contribution < 1.29 is 9.53 Å². The molecule has 3 N–H and O–H groups in total. The van der Waals surface area contributed by atoms with Crippen molar-refractivity contribution in [2.45, 2.75) is 50.5 Å². The summed E-state index contributed by atoms with van der Waals surface area (Å²) in [5.41, 5.74) is 5.95. The summed E-state index contributed by atoms with van der Waals surface area (Å²) in [6.07, 6.45) is 8.59. The number of hydrogen-bond acceptors (Lipinski definition) is 3. The van der Waals surface area contributed by atoms with Gasteiger partial charge in [0.2, 0.25) is 5.91 Å². The first-order valence-corrected chi connectivity index (χ1v) is 6.90. The van der Waals surface area contributed by atoms with Crippen molar-refractivity contribution in [3.63, 3.8) is 0 Å². The molecular weight excluding hydrogens is 228 g/mol. The van der Waals surface area contributed by atoms with Crippen molar-refractivity contribution >= 4 is 5.91 Å². The van der Waals surface area contributed by atoms with E-state index in [0.717, 1.165) is 32.1 Å². The number of rotatable bonds is 8. The lowest BCUT2D eigenvalue weighted by Gasteiger charge is -2.32. The Hall–Kier alpha value is -0.870. The summed E-state index contributed by atoms with van der Waals surface area (Å²) in [6.45, 7) is 5.40. The molecular formula is C14H26N2O2. The number of ether oxygens (including phenoxy) is 1. The molecule has 0 aromatic carbocycles. The molecule has 0 atom stereocenters. The number of hydrogen-bond donors (Lipinski definition) is 2. The predicted molar refractivity (Wildman–Crippen MR) is 73.3 cm³/mol. The lowest BCUT2D eigenvalue weighted by atomic mass is 9.80. The minimum atomic E-state index is -0.272. The van der Waals surface area contributed by atoms with Crippen molar-refractivity contribution in [3.05, 3.63) is 12.7 Å². The van der Waals surface area contributed by atoms with Crippen LogP contribution in [-0.2, 0) is 9.53 Å². The van der Waals surface area contributed by atoms with Gasteiger partial charge in [-0.1, -0.05) is 25.3 Å². The lowest BCUT2D eigenvalue weighted by molar-refractivity contribution is -0.122. The van der Waals surface area contributed by atoms with Crippen LogP contribution >= 0.6 is 0 Å². The van der Waals surface area contributed by atoms with Crippen LogP contribution in [0, 0.1) is 0 Å². The summed E-state index contributed by atoms with van der Waals surface area (Å²) in [7, 11) is 0. The molecule has 1 aliphatic rings. The first-order chi connectivity index (χ1) is 8.66. The van der Waals surface area contributed by atoms with Gasteiger partial charge in [0.15, 0.2) is 0 Å². The van der Waals surface area contributed by atoms with Gasteiger partial charge in [-0.2, -0.15) is 0 Å². The zero-order chi connectivity index (χ0) is 13.3. The summed E-state index contributed by atoms with van der Waals surface area (Å²) in [5, 5.41) is 2.86. The van der Waals surface area contributed by atoms with Crippen molar-refractivity contribution in [1.82, 2.24) is 5.32 Å². The van der Waals surface area contributed by atoms with Gasteiger partial charge in [-0.15, -0.1) is 6.58 Å². The second kappa shape index (κ2) is 8.27. The van der Waals surface area contributed by atoms with Crippen molar-refractivity contribution in [2.75, 3.05) is 19.8 Å². The predicted octanol–water partition coefficient (Wildman–Crippen LogP) is 1.75. The Morgan fingerprint density at radius 1 is 1.33 bits per heavy atom. The summed E-state index contributed by atoms with van der Waals surface area (Å²) < 4.78 is 5.32. The van der Waals surface area contributed by atoms with Gasteiger partial charge in [-0.05, 0) is 19.3 Å². The largest absolute Gasteiger partial charge is 0.379 e. The van der Waals surface area contributed by atoms with Crippen LogP contribution in [0.25, 0.3) is 0 Å². The smallest absolute Gasteiger partial charge is 0.221 e. The third kappa shape index (κ3) is 6.17. The van der Waals surface area contributed by atoms with Gasteiger partial charge in [0.05, 0.1) is 13.2 Å². The Labute approximate surface area is 110 Å². The van der Waals surface area contributed by atoms with Gasteiger partial charge in [0.1, 0.15) is 0 Å². The van der Waals surface area contributed by atoms with Gasteiger partial charge >= 0.3 is 0 Å². The Balaban J connectivity index is 2.07. The Bertz CT molecular complexity index is 261. The molecule has 1 aliphatic carbocycles. The Morgan fingerprint density at radius 2 is 2.06 bits per heavy atom. The van der Waals surface area contributed by atoms with E-state index in [1.165, 1.54) is 6.42 Å². The van der Waals surface area contributed by atoms with E-state index >= 15 is 0 Å². The Kier molecular flexibility index (Phi) is 6.98. The molecule has 0 unspecified atom stereocenters. The molecule has 104 valence electrons. The quantitative estimate of drug-likeness (QED) is 0.512. The van der Waals surface area contributed by atoms with E-state index in [-0.39, 0.29) is 11.4 Å². The van der Waals surface area contributed by atoms with E-state index in [1.807, 2.05) is 6.08 Å². The molecule has 1 fully saturated rings. The highest BCUT2D eigenvalue weighted by Gasteiger charge is 2.29. The van der Waals surface area contributed by atoms with E-state index in [0.29, 0.717) is 26.2 Å². The molecule has 18 heavy (non-hydrogen) atoms. The second-order valence-corrected chi connectivity index (χ2v) is 5.14. The van der Waals surface area contributed by atoms with Crippen molar-refractivity contribution in [2.24, 2.45) is 5.73 Å². The average Bonchev–Trinajstić information content (AvgIpc) is 2.34. The van der Waals surface area contributed by atoms with Gasteiger partial charge < -0.3 is 15.8 Å². The van der Waals surface area contributed by atoms with Crippen LogP contribution in [0.2, 0.25) is 0 Å². The minimum Gasteiger partial charge on any atom is -0.379 e. The molecule has 0 bridgehead atoms. The van der Waals surface area contributed by atoms with Gasteiger partial charge in [0, 0.05) is 18.5 Å². The van der Waals surface area contributed by atoms with E-state index in [9.17, 15) is 4.79 Å². The standard InChI is InChI=1S/C14H26N2O2/c1-2-3-10-18-11-9-16-13(17)12-14(15)7-5-4-6-8-14/h2H,1,3-12,15H2,(H,16,17). The van der Waals surface area contributed by atoms with Crippen LogP contribution in [0.1, 0.15) is 44.9 Å². The topological polar surface area (TPSA) is 64.3 Å². The Morgan fingerprint density at radius 3 is 2.72 bits per heavy atom. The fourth-order valence-corrected chi connectivity index (χ4v) is 2.35. The number of carbonyl (C=O) groups is 1. The highest BCUT2D eigenvalue weighted by Crippen LogP contribution is 2.28. The summed E-state index contributed by atoms with van der Waals surface area (Å²) >= 11 is 0. The fourth-order valence-electron chi connectivity index (χ4n) is 2.35. The number of carbonyl (C=O) groups excluding carboxylic acids is 1. The van der Waals surface area contributed by atoms with E-state index in [4.69, 9.17) is 10.5 Å². The summed E-state index contributed by atoms with van der Waals surface area (Å²) in [6, 6.07) is 0. The zero-order valence-corrected chi connectivity index (χ0v) is 11.2. The van der Waals surface area contributed by atoms with Crippen molar-refractivity contribution in [3.8, 4) is 0 Å². The number of nitrogens with one attached hydrogen (secondary N) is 1. The van der Waals surface area contributed by atoms with Crippen LogP contribution in [-0.4, -0.2) is 31.2 Å². The van der Waals surface area contributed by atoms with Crippen LogP contribution in [0.15, 0.2) is 12.7 Å². The van der Waals surface area contributed by atoms with E-state index in [2.05, 4.69) is 11.9 Å². The maximum atomic E-state index is 11.7. The fraction of sp³-hybridized carbons (Fsp3) is 0.786. The molecule has 0 aromatic rings. The zero-order valence-electron chi connectivity index (χ0n) is 11.2. The highest BCUT2D eigenvalue weighted by atomic mass is 16.5. The molecule has 0 heterocycles. The minimum absolute atomic E-state index is 0.0479. The van der Waals surface area contributed by atoms with Gasteiger partial charge in [-0.25, -0.2) is 0 Å². The second-order valence-electron chi connectivity index (χ2n) is 5.14. The third-order valence-corrected chi connectivity index (χ3v) is 3.40. The monoisotopic (exact) mass is 254 g/mol. The van der Waals surface area contributed by atoms with Crippen LogP contribution in [0.4, 0.5) is 0 Å². The molecule has 0 radical (unpaired) electrons. The highest BCUT2D eigenvalue weighted by molar-refractivity contribution is 5.77. The van der Waals surface area contributed by atoms with Gasteiger partial charge in [-0.3, -0.25) is 4.79 Å². The van der Waals surface area contributed by atoms with E-state index < -0.39 is 0 Å². The number of nitrogens with two attached hydrogens (primary N) is 1. The number of amides is 1. The van der Waals surface area contributed by atoms with Crippen LogP contribution in [0.3, 0.4) is 0 Å². The molecule has 0 aromatic heterocycles. The van der Waals surface area contributed by atoms with Crippen LogP contribution < -0.4 is 11.1 Å². The lowest BCUT2D eigenvalue weighted by Crippen LogP contribution is -2.46. The molecule has 0 spiro atoms. The van der Waals surface area contributed by atoms with Gasteiger partial charge in [0.25, 0.3) is 0 Å². The maximum absolute atomic E-state index is 11.7. The van der Waals surface area contributed by atoms with E-state index in [1.54, 1.807) is 0 Å². The molecule has 0 aliphatic heterocycles. The molecule has 1 amide bonds. The maximum Gasteiger partial charge on any atom is 0.221 e. The molecule has 0 saturated heterocycles. The van der Waals surface area contributed by atoms with Crippen molar-refractivity contribution in [1.29, 1.82) is 0 Å². The first kappa shape index (κ1) is 15.2. The van der Waals surface area contributed by atoms with Crippen LogP contribution in [0.5, 0.6) is 0 Å². The molecule has 4 heteroatoms. The normalized spacial score (nSPS) is 18.3. The first-order valence-electron chi connectivity index (χ1n) is 6.90. The summed E-state index contributed by atoms with van der Waals surface area (Å²) in [5.74, 6) is 0.0479. The SMILES string of the molecule is C=CCCOCCNC(=O)CC1(N)CCCCC1. The summed E-state index contributed by atoms with van der Waals surface area (Å²) in [4.78, 5) is 11.7. The third-order valence-electron chi connectivity index (χ3n) is 3.40. The molecule has 1 saturated carbocycles. The molecule has 1 rings (SSSR count). The molecule has 4 nitrogen and oxygen atoms in total.